The van der Waals surface area contributed by atoms with Gasteiger partial charge in [0, 0.05) is 51.8 Å². The summed E-state index contributed by atoms with van der Waals surface area (Å²) in [7, 11) is -0.277. The van der Waals surface area contributed by atoms with Crippen LogP contribution in [0.4, 0.5) is 13.2 Å². The topological polar surface area (TPSA) is 120 Å². The average Bonchev–Trinajstić information content (AvgIpc) is 3.20. The molecule has 0 spiro atoms. The number of nitrogens with zero attached hydrogens (tertiary/aromatic N) is 5. The van der Waals surface area contributed by atoms with Crippen molar-refractivity contribution in [3.05, 3.63) is 30.7 Å². The molecule has 1 N–H and O–H groups in total. The summed E-state index contributed by atoms with van der Waals surface area (Å²) in [6.07, 6.45) is 1.47. The molecule has 1 unspecified atom stereocenters. The van der Waals surface area contributed by atoms with E-state index in [-0.39, 0.29) is 17.5 Å². The van der Waals surface area contributed by atoms with Gasteiger partial charge in [0.2, 0.25) is 0 Å². The van der Waals surface area contributed by atoms with E-state index in [4.69, 9.17) is 14.6 Å². The summed E-state index contributed by atoms with van der Waals surface area (Å²) in [5.41, 5.74) is 0. The normalized spacial score (nSPS) is 17.8. The van der Waals surface area contributed by atoms with Crippen LogP contribution in [0, 0.1) is 5.92 Å². The van der Waals surface area contributed by atoms with Crippen LogP contribution in [0.5, 0.6) is 0 Å². The second-order valence-electron chi connectivity index (χ2n) is 6.30. The van der Waals surface area contributed by atoms with Gasteiger partial charge in [-0.15, -0.1) is 0 Å². The van der Waals surface area contributed by atoms with Gasteiger partial charge in [-0.1, -0.05) is 0 Å². The van der Waals surface area contributed by atoms with Crippen LogP contribution in [0.1, 0.15) is 5.82 Å². The molecule has 162 valence electrons. The highest BCUT2D eigenvalue weighted by Gasteiger charge is 2.38. The third-order valence-corrected chi connectivity index (χ3v) is 5.66. The number of hydrogen-bond donors (Lipinski definition) is 1. The van der Waals surface area contributed by atoms with Crippen LogP contribution < -0.4 is 0 Å². The fourth-order valence-electron chi connectivity index (χ4n) is 2.68. The lowest BCUT2D eigenvalue weighted by molar-refractivity contribution is -0.192. The summed E-state index contributed by atoms with van der Waals surface area (Å²) in [6.45, 7) is 1.81. The SMILES string of the molecule is COCC1CN(S(=O)(=O)c2cn(C)cn2)Cc2nccn2C1.O=C(O)C(F)(F)F. The van der Waals surface area contributed by atoms with Crippen LogP contribution in [0.15, 0.2) is 29.9 Å². The zero-order valence-corrected chi connectivity index (χ0v) is 16.4. The highest BCUT2D eigenvalue weighted by Crippen LogP contribution is 2.22. The minimum atomic E-state index is -5.08. The van der Waals surface area contributed by atoms with Gasteiger partial charge in [-0.05, 0) is 0 Å². The lowest BCUT2D eigenvalue weighted by Gasteiger charge is -2.22. The number of aromatic nitrogens is 4. The quantitative estimate of drug-likeness (QED) is 0.745. The van der Waals surface area contributed by atoms with E-state index < -0.39 is 22.2 Å². The standard InChI is InChI=1S/C13H19N5O3S.C2HF3O2/c1-16-8-13(15-10-16)22(19,20)18-6-11(9-21-2)5-17-4-3-14-12(17)7-18;3-2(4,5)1(6)7/h3-4,8,10-11H,5-7,9H2,1-2H3;(H,6,7). The Kier molecular flexibility index (Phi) is 7.02. The van der Waals surface area contributed by atoms with Gasteiger partial charge in [0.1, 0.15) is 5.82 Å². The molecule has 1 aliphatic heterocycles. The van der Waals surface area contributed by atoms with Gasteiger partial charge in [0.25, 0.3) is 10.0 Å². The fraction of sp³-hybridized carbons (Fsp3) is 0.533. The number of carboxylic acid groups (broad SMARTS) is 1. The number of alkyl halides is 3. The molecule has 0 fully saturated rings. The van der Waals surface area contributed by atoms with Crippen LogP contribution in [-0.2, 0) is 39.7 Å². The van der Waals surface area contributed by atoms with Gasteiger partial charge in [0.15, 0.2) is 5.03 Å². The first-order chi connectivity index (χ1) is 13.4. The van der Waals surface area contributed by atoms with E-state index in [9.17, 15) is 21.6 Å². The molecule has 2 aromatic heterocycles. The number of halogens is 3. The molecule has 29 heavy (non-hydrogen) atoms. The van der Waals surface area contributed by atoms with Crippen LogP contribution in [-0.4, -0.2) is 69.3 Å². The van der Waals surface area contributed by atoms with Crippen molar-refractivity contribution < 1.29 is 36.2 Å². The molecule has 3 heterocycles. The number of carbonyl (C=O) groups is 1. The Bertz CT molecular complexity index is 940. The van der Waals surface area contributed by atoms with Crippen LogP contribution in [0.25, 0.3) is 0 Å². The molecule has 0 radical (unpaired) electrons. The molecule has 10 nitrogen and oxygen atoms in total. The van der Waals surface area contributed by atoms with E-state index in [0.29, 0.717) is 19.7 Å². The second kappa shape index (κ2) is 8.92. The van der Waals surface area contributed by atoms with Crippen molar-refractivity contribution in [2.75, 3.05) is 20.3 Å². The smallest absolute Gasteiger partial charge is 0.475 e. The molecule has 14 heteroatoms. The predicted molar refractivity (Wildman–Crippen MR) is 92.1 cm³/mol. The van der Waals surface area contributed by atoms with Crippen LogP contribution in [0.3, 0.4) is 0 Å². The lowest BCUT2D eigenvalue weighted by atomic mass is 10.1. The van der Waals surface area contributed by atoms with Crippen molar-refractivity contribution in [2.24, 2.45) is 13.0 Å². The average molecular weight is 439 g/mol. The number of carboxylic acids is 1. The number of aliphatic carboxylic acids is 1. The number of methoxy groups -OCH3 is 1. The third kappa shape index (κ3) is 5.77. The molecule has 0 aromatic carbocycles. The van der Waals surface area contributed by atoms with E-state index in [1.54, 1.807) is 24.9 Å². The zero-order valence-electron chi connectivity index (χ0n) is 15.6. The number of fused-ring (bicyclic) bond motifs is 1. The fourth-order valence-corrected chi connectivity index (χ4v) is 4.12. The summed E-state index contributed by atoms with van der Waals surface area (Å²) in [6, 6.07) is 0. The summed E-state index contributed by atoms with van der Waals surface area (Å²) >= 11 is 0. The van der Waals surface area contributed by atoms with Gasteiger partial charge < -0.3 is 19.0 Å². The first-order valence-electron chi connectivity index (χ1n) is 8.22. The monoisotopic (exact) mass is 439 g/mol. The molecule has 1 aliphatic rings. The Hall–Kier alpha value is -2.45. The molecular formula is C15H20F3N5O5S. The zero-order chi connectivity index (χ0) is 21.8. The van der Waals surface area contributed by atoms with E-state index >= 15 is 0 Å². The van der Waals surface area contributed by atoms with Crippen molar-refractivity contribution in [1.29, 1.82) is 0 Å². The van der Waals surface area contributed by atoms with Gasteiger partial charge in [-0.3, -0.25) is 0 Å². The maximum atomic E-state index is 12.8. The molecule has 1 atom stereocenters. The van der Waals surface area contributed by atoms with Crippen molar-refractivity contribution in [1.82, 2.24) is 23.4 Å². The minimum absolute atomic E-state index is 0.0613. The van der Waals surface area contributed by atoms with Gasteiger partial charge in [-0.2, -0.15) is 17.5 Å². The molecule has 0 saturated heterocycles. The highest BCUT2D eigenvalue weighted by molar-refractivity contribution is 7.89. The first kappa shape index (κ1) is 22.8. The summed E-state index contributed by atoms with van der Waals surface area (Å²) < 4.78 is 67.6. The Balaban J connectivity index is 0.000000370. The summed E-state index contributed by atoms with van der Waals surface area (Å²) in [5.74, 6) is -1.95. The van der Waals surface area contributed by atoms with Gasteiger partial charge >= 0.3 is 12.1 Å². The number of aryl methyl sites for hydroxylation is 1. The maximum Gasteiger partial charge on any atom is 0.490 e. The summed E-state index contributed by atoms with van der Waals surface area (Å²) in [4.78, 5) is 17.1. The van der Waals surface area contributed by atoms with E-state index in [1.165, 1.54) is 16.8 Å². The van der Waals surface area contributed by atoms with Gasteiger partial charge in [0.05, 0.1) is 19.5 Å². The van der Waals surface area contributed by atoms with Crippen molar-refractivity contribution in [3.8, 4) is 0 Å². The summed E-state index contributed by atoms with van der Waals surface area (Å²) in [5, 5.41) is 7.19. The minimum Gasteiger partial charge on any atom is -0.475 e. The number of hydrogen-bond acceptors (Lipinski definition) is 6. The number of sulfonamides is 1. The molecule has 0 saturated carbocycles. The Morgan fingerprint density at radius 3 is 2.52 bits per heavy atom. The van der Waals surface area contributed by atoms with Crippen LogP contribution >= 0.6 is 0 Å². The molecule has 2 aromatic rings. The van der Waals surface area contributed by atoms with Crippen LogP contribution in [0.2, 0.25) is 0 Å². The number of imidazole rings is 2. The lowest BCUT2D eigenvalue weighted by Crippen LogP contribution is -2.35. The predicted octanol–water partition coefficient (Wildman–Crippen LogP) is 0.717. The molecule has 3 rings (SSSR count). The number of rotatable bonds is 4. The third-order valence-electron chi connectivity index (χ3n) is 3.97. The first-order valence-corrected chi connectivity index (χ1v) is 9.66. The highest BCUT2D eigenvalue weighted by atomic mass is 32.2. The Morgan fingerprint density at radius 1 is 1.34 bits per heavy atom. The largest absolute Gasteiger partial charge is 0.490 e. The van der Waals surface area contributed by atoms with Gasteiger partial charge in [-0.25, -0.2) is 23.2 Å². The van der Waals surface area contributed by atoms with E-state index in [0.717, 1.165) is 5.82 Å². The molecule has 0 bridgehead atoms. The second-order valence-corrected chi connectivity index (χ2v) is 8.18. The van der Waals surface area contributed by atoms with Crippen molar-refractivity contribution in [2.45, 2.75) is 24.3 Å². The molecule has 0 amide bonds. The molecular weight excluding hydrogens is 419 g/mol. The Labute approximate surface area is 164 Å². The van der Waals surface area contributed by atoms with Crippen molar-refractivity contribution >= 4 is 16.0 Å². The maximum absolute atomic E-state index is 12.8. The molecule has 0 aliphatic carbocycles. The van der Waals surface area contributed by atoms with E-state index in [2.05, 4.69) is 9.97 Å². The Morgan fingerprint density at radius 2 is 2.00 bits per heavy atom. The van der Waals surface area contributed by atoms with Crippen molar-refractivity contribution in [3.63, 3.8) is 0 Å². The van der Waals surface area contributed by atoms with E-state index in [1.807, 2.05) is 10.8 Å². The number of ether oxygens (including phenoxy) is 1.